The highest BCUT2D eigenvalue weighted by Gasteiger charge is 2.21. The van der Waals surface area contributed by atoms with Crippen LogP contribution in [0.25, 0.3) is 0 Å². The zero-order valence-electron chi connectivity index (χ0n) is 11.7. The number of hydrogen-bond donors (Lipinski definition) is 1. The number of Topliss-reactive ketones (excluding diaryl/α,β-unsaturated/α-hetero) is 1. The number of nitrogens with one attached hydrogen (secondary N) is 1. The average Bonchev–Trinajstić information content (AvgIpc) is 2.51. The van der Waals surface area contributed by atoms with E-state index in [-0.39, 0.29) is 12.2 Å². The van der Waals surface area contributed by atoms with Gasteiger partial charge in [0.2, 0.25) is 0 Å². The third kappa shape index (κ3) is 3.59. The van der Waals surface area contributed by atoms with E-state index in [1.807, 2.05) is 0 Å². The first-order valence-corrected chi connectivity index (χ1v) is 7.31. The molecule has 0 saturated carbocycles. The van der Waals surface area contributed by atoms with Crippen molar-refractivity contribution < 1.29 is 14.3 Å². The van der Waals surface area contributed by atoms with Crippen molar-refractivity contribution >= 4 is 46.3 Å². The van der Waals surface area contributed by atoms with Crippen LogP contribution in [0.5, 0.6) is 0 Å². The fourth-order valence-electron chi connectivity index (χ4n) is 1.85. The predicted octanol–water partition coefficient (Wildman–Crippen LogP) is 4.48. The third-order valence-electron chi connectivity index (χ3n) is 2.85. The standard InChI is InChI=1S/C16H13Cl2NO3/c1-2-22-16(21)15(20)10-6-3-4-9-13(10)19-14-11(17)7-5-8-12(14)18/h3-9,19H,2H2,1H3. The summed E-state index contributed by atoms with van der Waals surface area (Å²) in [5.41, 5.74) is 1.09. The molecule has 0 bridgehead atoms. The van der Waals surface area contributed by atoms with Crippen LogP contribution in [-0.2, 0) is 9.53 Å². The Morgan fingerprint density at radius 3 is 2.32 bits per heavy atom. The van der Waals surface area contributed by atoms with Crippen molar-refractivity contribution in [2.24, 2.45) is 0 Å². The molecule has 0 aliphatic heterocycles. The molecule has 0 heterocycles. The van der Waals surface area contributed by atoms with Crippen LogP contribution in [0, 0.1) is 0 Å². The summed E-state index contributed by atoms with van der Waals surface area (Å²) in [6.45, 7) is 1.77. The van der Waals surface area contributed by atoms with Crippen LogP contribution in [0.1, 0.15) is 17.3 Å². The molecule has 0 fully saturated rings. The smallest absolute Gasteiger partial charge is 0.379 e. The van der Waals surface area contributed by atoms with Crippen molar-refractivity contribution in [3.05, 3.63) is 58.1 Å². The molecule has 22 heavy (non-hydrogen) atoms. The summed E-state index contributed by atoms with van der Waals surface area (Å²) in [6.07, 6.45) is 0. The summed E-state index contributed by atoms with van der Waals surface area (Å²) in [5, 5.41) is 3.81. The molecule has 0 unspecified atom stereocenters. The molecule has 4 nitrogen and oxygen atoms in total. The molecule has 0 radical (unpaired) electrons. The van der Waals surface area contributed by atoms with E-state index in [1.165, 1.54) is 6.07 Å². The van der Waals surface area contributed by atoms with Gasteiger partial charge in [-0.15, -0.1) is 0 Å². The number of halogens is 2. The Labute approximate surface area is 138 Å². The molecule has 0 aromatic heterocycles. The second kappa shape index (κ2) is 7.29. The Morgan fingerprint density at radius 1 is 1.05 bits per heavy atom. The number of esters is 1. The predicted molar refractivity (Wildman–Crippen MR) is 87.2 cm³/mol. The Balaban J connectivity index is 2.37. The van der Waals surface area contributed by atoms with E-state index >= 15 is 0 Å². The Morgan fingerprint density at radius 2 is 1.68 bits per heavy atom. The third-order valence-corrected chi connectivity index (χ3v) is 3.48. The monoisotopic (exact) mass is 337 g/mol. The first-order chi connectivity index (χ1) is 10.5. The van der Waals surface area contributed by atoms with E-state index in [4.69, 9.17) is 27.9 Å². The molecular formula is C16H13Cl2NO3. The fraction of sp³-hybridized carbons (Fsp3) is 0.125. The zero-order chi connectivity index (χ0) is 16.1. The van der Waals surface area contributed by atoms with E-state index in [9.17, 15) is 9.59 Å². The van der Waals surface area contributed by atoms with Gasteiger partial charge in [-0.3, -0.25) is 4.79 Å². The molecule has 0 aliphatic carbocycles. The van der Waals surface area contributed by atoms with E-state index < -0.39 is 11.8 Å². The lowest BCUT2D eigenvalue weighted by Crippen LogP contribution is -2.18. The van der Waals surface area contributed by atoms with Gasteiger partial charge in [0, 0.05) is 0 Å². The van der Waals surface area contributed by atoms with Crippen molar-refractivity contribution in [2.75, 3.05) is 11.9 Å². The maximum absolute atomic E-state index is 12.1. The molecule has 2 aromatic carbocycles. The molecule has 6 heteroatoms. The van der Waals surface area contributed by atoms with Crippen molar-refractivity contribution in [3.8, 4) is 0 Å². The minimum absolute atomic E-state index is 0.135. The maximum atomic E-state index is 12.1. The minimum Gasteiger partial charge on any atom is -0.460 e. The molecule has 114 valence electrons. The van der Waals surface area contributed by atoms with Crippen LogP contribution in [-0.4, -0.2) is 18.4 Å². The number of para-hydroxylation sites is 2. The Hall–Kier alpha value is -2.04. The molecule has 2 rings (SSSR count). The van der Waals surface area contributed by atoms with Crippen LogP contribution in [0.4, 0.5) is 11.4 Å². The van der Waals surface area contributed by atoms with Crippen molar-refractivity contribution in [3.63, 3.8) is 0 Å². The van der Waals surface area contributed by atoms with E-state index in [1.54, 1.807) is 43.3 Å². The maximum Gasteiger partial charge on any atom is 0.379 e. The number of rotatable bonds is 5. The van der Waals surface area contributed by atoms with E-state index in [2.05, 4.69) is 5.32 Å². The number of ketones is 1. The number of ether oxygens (including phenoxy) is 1. The average molecular weight is 338 g/mol. The molecule has 0 amide bonds. The molecule has 0 atom stereocenters. The number of anilines is 2. The highest BCUT2D eigenvalue weighted by Crippen LogP contribution is 2.33. The number of carbonyl (C=O) groups excluding carboxylic acids is 2. The number of hydrogen-bond acceptors (Lipinski definition) is 4. The SMILES string of the molecule is CCOC(=O)C(=O)c1ccccc1Nc1c(Cl)cccc1Cl. The highest BCUT2D eigenvalue weighted by atomic mass is 35.5. The van der Waals surface area contributed by atoms with Crippen molar-refractivity contribution in [1.29, 1.82) is 0 Å². The zero-order valence-corrected chi connectivity index (χ0v) is 13.2. The minimum atomic E-state index is -0.901. The summed E-state index contributed by atoms with van der Waals surface area (Å²) in [7, 11) is 0. The molecule has 0 aliphatic rings. The largest absolute Gasteiger partial charge is 0.460 e. The van der Waals surface area contributed by atoms with Crippen LogP contribution in [0.2, 0.25) is 10.0 Å². The molecule has 1 N–H and O–H groups in total. The summed E-state index contributed by atoms with van der Waals surface area (Å²) in [4.78, 5) is 23.8. The number of benzene rings is 2. The second-order valence-corrected chi connectivity index (χ2v) is 5.13. The van der Waals surface area contributed by atoms with Crippen molar-refractivity contribution in [1.82, 2.24) is 0 Å². The van der Waals surface area contributed by atoms with Gasteiger partial charge in [0.05, 0.1) is 33.6 Å². The lowest BCUT2D eigenvalue weighted by Gasteiger charge is -2.13. The van der Waals surface area contributed by atoms with E-state index in [0.29, 0.717) is 21.4 Å². The van der Waals surface area contributed by atoms with E-state index in [0.717, 1.165) is 0 Å². The first kappa shape index (κ1) is 16.3. The van der Waals surface area contributed by atoms with Crippen LogP contribution < -0.4 is 5.32 Å². The fourth-order valence-corrected chi connectivity index (χ4v) is 2.34. The summed E-state index contributed by atoms with van der Waals surface area (Å²) in [6, 6.07) is 11.6. The Kier molecular flexibility index (Phi) is 5.41. The first-order valence-electron chi connectivity index (χ1n) is 6.56. The van der Waals surface area contributed by atoms with Crippen LogP contribution in [0.3, 0.4) is 0 Å². The summed E-state index contributed by atoms with van der Waals surface area (Å²) >= 11 is 12.2. The highest BCUT2D eigenvalue weighted by molar-refractivity contribution is 6.42. The van der Waals surface area contributed by atoms with Gasteiger partial charge in [-0.1, -0.05) is 41.4 Å². The van der Waals surface area contributed by atoms with Gasteiger partial charge in [-0.05, 0) is 31.2 Å². The van der Waals surface area contributed by atoms with Gasteiger partial charge in [-0.2, -0.15) is 0 Å². The number of carbonyl (C=O) groups is 2. The van der Waals surface area contributed by atoms with Gasteiger partial charge in [0.15, 0.2) is 0 Å². The Bertz CT molecular complexity index is 696. The van der Waals surface area contributed by atoms with Gasteiger partial charge in [0.1, 0.15) is 0 Å². The van der Waals surface area contributed by atoms with Crippen LogP contribution in [0.15, 0.2) is 42.5 Å². The topological polar surface area (TPSA) is 55.4 Å². The summed E-state index contributed by atoms with van der Waals surface area (Å²) in [5.74, 6) is -1.63. The molecular weight excluding hydrogens is 325 g/mol. The normalized spacial score (nSPS) is 10.1. The molecule has 0 saturated heterocycles. The van der Waals surface area contributed by atoms with Gasteiger partial charge < -0.3 is 10.1 Å². The lowest BCUT2D eigenvalue weighted by atomic mass is 10.1. The molecule has 0 spiro atoms. The lowest BCUT2D eigenvalue weighted by molar-refractivity contribution is -0.137. The second-order valence-electron chi connectivity index (χ2n) is 4.32. The quantitative estimate of drug-likeness (QED) is 0.496. The van der Waals surface area contributed by atoms with Gasteiger partial charge >= 0.3 is 5.97 Å². The van der Waals surface area contributed by atoms with Gasteiger partial charge in [0.25, 0.3) is 5.78 Å². The van der Waals surface area contributed by atoms with Gasteiger partial charge in [-0.25, -0.2) is 4.79 Å². The summed E-state index contributed by atoms with van der Waals surface area (Å²) < 4.78 is 4.74. The molecule has 2 aromatic rings. The van der Waals surface area contributed by atoms with Crippen LogP contribution >= 0.6 is 23.2 Å². The van der Waals surface area contributed by atoms with Crippen molar-refractivity contribution in [2.45, 2.75) is 6.92 Å².